The molecule has 0 radical (unpaired) electrons. The molecule has 2 heterocycles. The predicted molar refractivity (Wildman–Crippen MR) is 70.5 cm³/mol. The number of aromatic nitrogens is 3. The molecular formula is C12H14ClN3O3. The summed E-state index contributed by atoms with van der Waals surface area (Å²) in [6, 6.07) is 1.75. The molecule has 2 aromatic heterocycles. The van der Waals surface area contributed by atoms with E-state index in [2.05, 4.69) is 5.10 Å². The zero-order valence-electron chi connectivity index (χ0n) is 10.7. The molecule has 0 aliphatic heterocycles. The largest absolute Gasteiger partial charge is 0.465 e. The van der Waals surface area contributed by atoms with E-state index in [1.165, 1.54) is 4.40 Å². The van der Waals surface area contributed by atoms with Crippen molar-refractivity contribution >= 4 is 23.1 Å². The highest BCUT2D eigenvalue weighted by Crippen LogP contribution is 2.12. The van der Waals surface area contributed by atoms with Gasteiger partial charge in [-0.3, -0.25) is 14.0 Å². The molecule has 7 heteroatoms. The number of ether oxygens (including phenoxy) is 1. The molecule has 2 aromatic rings. The fourth-order valence-corrected chi connectivity index (χ4v) is 2.02. The van der Waals surface area contributed by atoms with Crippen molar-refractivity contribution in [2.45, 2.75) is 26.8 Å². The molecule has 102 valence electrons. The van der Waals surface area contributed by atoms with Crippen LogP contribution >= 0.6 is 11.6 Å². The standard InChI is InChI=1S/C12H14ClN3O3/c1-3-8-5-9-11(18)16(7-10(17)19-4-2)14-12(13)15(9)6-8/h5-6H,3-4,7H2,1-2H3. The summed E-state index contributed by atoms with van der Waals surface area (Å²) < 4.78 is 7.33. The Morgan fingerprint density at radius 2 is 2.21 bits per heavy atom. The Balaban J connectivity index is 2.49. The Labute approximate surface area is 114 Å². The number of nitrogens with zero attached hydrogens (tertiary/aromatic N) is 3. The zero-order valence-corrected chi connectivity index (χ0v) is 11.5. The van der Waals surface area contributed by atoms with Crippen molar-refractivity contribution in [1.82, 2.24) is 14.2 Å². The highest BCUT2D eigenvalue weighted by atomic mass is 35.5. The maximum atomic E-state index is 12.2. The van der Waals surface area contributed by atoms with E-state index in [-0.39, 0.29) is 24.0 Å². The van der Waals surface area contributed by atoms with Gasteiger partial charge in [0.1, 0.15) is 12.1 Å². The maximum absolute atomic E-state index is 12.2. The number of rotatable bonds is 4. The highest BCUT2D eigenvalue weighted by molar-refractivity contribution is 6.28. The van der Waals surface area contributed by atoms with Crippen LogP contribution in [0.15, 0.2) is 17.1 Å². The SMILES string of the molecule is CCOC(=O)Cn1nc(Cl)n2cc(CC)cc2c1=O. The number of halogens is 1. The Morgan fingerprint density at radius 3 is 2.84 bits per heavy atom. The first-order chi connectivity index (χ1) is 9.06. The molecule has 0 saturated carbocycles. The third-order valence-electron chi connectivity index (χ3n) is 2.72. The maximum Gasteiger partial charge on any atom is 0.327 e. The number of carbonyl (C=O) groups excluding carboxylic acids is 1. The number of hydrogen-bond acceptors (Lipinski definition) is 4. The second-order valence-corrected chi connectivity index (χ2v) is 4.33. The number of fused-ring (bicyclic) bond motifs is 1. The molecule has 0 amide bonds. The first kappa shape index (κ1) is 13.6. The summed E-state index contributed by atoms with van der Waals surface area (Å²) in [5.74, 6) is -0.514. The fraction of sp³-hybridized carbons (Fsp3) is 0.417. The van der Waals surface area contributed by atoms with Crippen LogP contribution in [0.5, 0.6) is 0 Å². The number of esters is 1. The van der Waals surface area contributed by atoms with Crippen LogP contribution in [0.1, 0.15) is 19.4 Å². The average molecular weight is 284 g/mol. The number of aryl methyl sites for hydroxylation is 1. The van der Waals surface area contributed by atoms with Gasteiger partial charge in [-0.2, -0.15) is 0 Å². The lowest BCUT2D eigenvalue weighted by molar-refractivity contribution is -0.144. The third kappa shape index (κ3) is 2.63. The van der Waals surface area contributed by atoms with Crippen LogP contribution in [0.3, 0.4) is 0 Å². The molecule has 0 spiro atoms. The molecule has 0 aromatic carbocycles. The van der Waals surface area contributed by atoms with Crippen LogP contribution < -0.4 is 5.56 Å². The first-order valence-electron chi connectivity index (χ1n) is 6.00. The van der Waals surface area contributed by atoms with Gasteiger partial charge < -0.3 is 4.74 Å². The second kappa shape index (κ2) is 5.44. The average Bonchev–Trinajstić information content (AvgIpc) is 2.81. The Morgan fingerprint density at radius 1 is 1.47 bits per heavy atom. The molecule has 0 unspecified atom stereocenters. The van der Waals surface area contributed by atoms with Gasteiger partial charge in [-0.25, -0.2) is 4.68 Å². The van der Waals surface area contributed by atoms with E-state index in [1.807, 2.05) is 6.92 Å². The molecule has 0 bridgehead atoms. The van der Waals surface area contributed by atoms with Crippen molar-refractivity contribution in [3.05, 3.63) is 33.5 Å². The molecule has 0 aliphatic carbocycles. The topological polar surface area (TPSA) is 65.6 Å². The molecule has 0 fully saturated rings. The first-order valence-corrected chi connectivity index (χ1v) is 6.37. The minimum atomic E-state index is -0.514. The fourth-order valence-electron chi connectivity index (χ4n) is 1.79. The van der Waals surface area contributed by atoms with Gasteiger partial charge in [0.25, 0.3) is 5.56 Å². The molecule has 19 heavy (non-hydrogen) atoms. The second-order valence-electron chi connectivity index (χ2n) is 3.99. The van der Waals surface area contributed by atoms with Crippen molar-refractivity contribution in [2.75, 3.05) is 6.61 Å². The van der Waals surface area contributed by atoms with Crippen LogP contribution in [-0.2, 0) is 22.5 Å². The Hall–Kier alpha value is -1.82. The van der Waals surface area contributed by atoms with Gasteiger partial charge in [-0.05, 0) is 36.6 Å². The summed E-state index contributed by atoms with van der Waals surface area (Å²) in [4.78, 5) is 23.6. The minimum Gasteiger partial charge on any atom is -0.465 e. The summed E-state index contributed by atoms with van der Waals surface area (Å²) in [7, 11) is 0. The van der Waals surface area contributed by atoms with E-state index in [9.17, 15) is 9.59 Å². The summed E-state index contributed by atoms with van der Waals surface area (Å²) >= 11 is 6.01. The van der Waals surface area contributed by atoms with Gasteiger partial charge in [0, 0.05) is 6.20 Å². The van der Waals surface area contributed by atoms with Crippen LogP contribution in [0.25, 0.3) is 5.52 Å². The molecule has 0 atom stereocenters. The monoisotopic (exact) mass is 283 g/mol. The van der Waals surface area contributed by atoms with Crippen LogP contribution in [0, 0.1) is 0 Å². The minimum absolute atomic E-state index is 0.138. The van der Waals surface area contributed by atoms with Crippen LogP contribution in [-0.4, -0.2) is 26.8 Å². The normalized spacial score (nSPS) is 10.9. The molecule has 6 nitrogen and oxygen atoms in total. The lowest BCUT2D eigenvalue weighted by atomic mass is 10.3. The van der Waals surface area contributed by atoms with Crippen molar-refractivity contribution < 1.29 is 9.53 Å². The summed E-state index contributed by atoms with van der Waals surface area (Å²) in [6.45, 7) is 3.70. The summed E-state index contributed by atoms with van der Waals surface area (Å²) in [6.07, 6.45) is 2.55. The molecular weight excluding hydrogens is 270 g/mol. The van der Waals surface area contributed by atoms with Crippen LogP contribution in [0.4, 0.5) is 0 Å². The van der Waals surface area contributed by atoms with Crippen molar-refractivity contribution in [3.63, 3.8) is 0 Å². The van der Waals surface area contributed by atoms with E-state index in [0.29, 0.717) is 5.52 Å². The third-order valence-corrected chi connectivity index (χ3v) is 2.98. The summed E-state index contributed by atoms with van der Waals surface area (Å²) in [5.41, 5.74) is 1.02. The van der Waals surface area contributed by atoms with E-state index < -0.39 is 5.97 Å². The zero-order chi connectivity index (χ0) is 14.0. The lowest BCUT2D eigenvalue weighted by Crippen LogP contribution is -2.29. The van der Waals surface area contributed by atoms with Gasteiger partial charge in [-0.1, -0.05) is 6.92 Å². The van der Waals surface area contributed by atoms with Crippen molar-refractivity contribution in [1.29, 1.82) is 0 Å². The Kier molecular flexibility index (Phi) is 3.90. The number of hydrogen-bond donors (Lipinski definition) is 0. The lowest BCUT2D eigenvalue weighted by Gasteiger charge is -2.06. The molecule has 0 saturated heterocycles. The quantitative estimate of drug-likeness (QED) is 0.793. The van der Waals surface area contributed by atoms with Gasteiger partial charge in [0.05, 0.1) is 6.61 Å². The van der Waals surface area contributed by atoms with Crippen molar-refractivity contribution in [2.24, 2.45) is 0 Å². The van der Waals surface area contributed by atoms with E-state index in [4.69, 9.17) is 16.3 Å². The van der Waals surface area contributed by atoms with Gasteiger partial charge in [-0.15, -0.1) is 5.10 Å². The van der Waals surface area contributed by atoms with Gasteiger partial charge >= 0.3 is 5.97 Å². The molecule has 2 rings (SSSR count). The van der Waals surface area contributed by atoms with E-state index in [0.717, 1.165) is 16.7 Å². The summed E-state index contributed by atoms with van der Waals surface area (Å²) in [5, 5.41) is 4.04. The highest BCUT2D eigenvalue weighted by Gasteiger charge is 2.13. The van der Waals surface area contributed by atoms with Crippen LogP contribution in [0.2, 0.25) is 5.28 Å². The van der Waals surface area contributed by atoms with Gasteiger partial charge in [0.15, 0.2) is 0 Å². The molecule has 0 N–H and O–H groups in total. The Bertz CT molecular complexity index is 675. The van der Waals surface area contributed by atoms with E-state index >= 15 is 0 Å². The smallest absolute Gasteiger partial charge is 0.327 e. The van der Waals surface area contributed by atoms with Gasteiger partial charge in [0.2, 0.25) is 5.28 Å². The van der Waals surface area contributed by atoms with E-state index in [1.54, 1.807) is 19.2 Å². The molecule has 0 aliphatic rings. The number of carbonyl (C=O) groups is 1. The predicted octanol–water partition coefficient (Wildman–Crippen LogP) is 1.27. The van der Waals surface area contributed by atoms with Crippen molar-refractivity contribution in [3.8, 4) is 0 Å².